The summed E-state index contributed by atoms with van der Waals surface area (Å²) in [5.41, 5.74) is -1.94. The number of carbonyl (C=O) groups is 2. The van der Waals surface area contributed by atoms with Crippen molar-refractivity contribution in [1.29, 1.82) is 0 Å². The number of hydrogen-bond acceptors (Lipinski definition) is 2. The van der Waals surface area contributed by atoms with Crippen molar-refractivity contribution in [3.63, 3.8) is 0 Å². The fourth-order valence-corrected chi connectivity index (χ4v) is 3.22. The summed E-state index contributed by atoms with van der Waals surface area (Å²) in [6, 6.07) is 0. The van der Waals surface area contributed by atoms with Crippen molar-refractivity contribution in [1.82, 2.24) is 0 Å². The molecule has 0 saturated carbocycles. The van der Waals surface area contributed by atoms with Gasteiger partial charge in [-0.25, -0.2) is 0 Å². The number of aliphatic carboxylic acids is 2. The van der Waals surface area contributed by atoms with E-state index >= 15 is 0 Å². The molecule has 22 heavy (non-hydrogen) atoms. The molecule has 0 rings (SSSR count). The van der Waals surface area contributed by atoms with E-state index in [9.17, 15) is 33.0 Å². The molecule has 2 N–H and O–H groups in total. The number of alkyl halides is 3. The van der Waals surface area contributed by atoms with Gasteiger partial charge < -0.3 is 10.2 Å². The lowest BCUT2D eigenvalue weighted by atomic mass is 9.62. The molecule has 0 aromatic heterocycles. The van der Waals surface area contributed by atoms with E-state index in [0.717, 1.165) is 6.92 Å². The first-order valence-electron chi connectivity index (χ1n) is 7.28. The van der Waals surface area contributed by atoms with E-state index in [0.29, 0.717) is 0 Å². The molecular formula is C15H25F3O4. The van der Waals surface area contributed by atoms with Crippen molar-refractivity contribution in [3.05, 3.63) is 0 Å². The van der Waals surface area contributed by atoms with Crippen LogP contribution in [-0.2, 0) is 9.59 Å². The third kappa shape index (κ3) is 4.88. The minimum atomic E-state index is -4.77. The maximum Gasteiger partial charge on any atom is 0.392 e. The molecule has 0 aliphatic carbocycles. The predicted molar refractivity (Wildman–Crippen MR) is 75.3 cm³/mol. The average Bonchev–Trinajstić information content (AvgIpc) is 2.24. The second-order valence-electron chi connectivity index (χ2n) is 6.80. The minimum absolute atomic E-state index is 0.113. The molecule has 0 saturated heterocycles. The standard InChI is InChI=1S/C15H25F3O4/c1-8(2)6-14(13(21)22,7-9(3)4)11(12(19)20)10(5)15(16,17)18/h8-11H,6-7H2,1-5H3,(H,19,20)(H,21,22). The van der Waals surface area contributed by atoms with Crippen LogP contribution in [0.5, 0.6) is 0 Å². The maximum absolute atomic E-state index is 13.1. The van der Waals surface area contributed by atoms with Gasteiger partial charge in [0.05, 0.1) is 17.3 Å². The first-order chi connectivity index (χ1) is 9.75. The van der Waals surface area contributed by atoms with E-state index in [-0.39, 0.29) is 24.7 Å². The highest BCUT2D eigenvalue weighted by molar-refractivity contribution is 5.83. The molecule has 0 fully saturated rings. The van der Waals surface area contributed by atoms with Crippen molar-refractivity contribution < 1.29 is 33.0 Å². The van der Waals surface area contributed by atoms with E-state index in [1.807, 2.05) is 0 Å². The molecule has 4 nitrogen and oxygen atoms in total. The fraction of sp³-hybridized carbons (Fsp3) is 0.867. The molecule has 0 bridgehead atoms. The zero-order chi connectivity index (χ0) is 17.9. The third-order valence-corrected chi connectivity index (χ3v) is 3.85. The lowest BCUT2D eigenvalue weighted by molar-refractivity contribution is -0.210. The average molecular weight is 326 g/mol. The SMILES string of the molecule is CC(C)CC(CC(C)C)(C(=O)O)C(C(=O)O)C(C)C(F)(F)F. The Morgan fingerprint density at radius 3 is 1.45 bits per heavy atom. The van der Waals surface area contributed by atoms with Gasteiger partial charge >= 0.3 is 18.1 Å². The molecule has 0 aromatic carbocycles. The van der Waals surface area contributed by atoms with Crippen molar-refractivity contribution >= 4 is 11.9 Å². The Morgan fingerprint density at radius 2 is 1.27 bits per heavy atom. The molecule has 7 heteroatoms. The molecule has 0 aromatic rings. The minimum Gasteiger partial charge on any atom is -0.481 e. The highest BCUT2D eigenvalue weighted by atomic mass is 19.4. The summed E-state index contributed by atoms with van der Waals surface area (Å²) in [5, 5.41) is 19.0. The van der Waals surface area contributed by atoms with E-state index in [1.54, 1.807) is 27.7 Å². The van der Waals surface area contributed by atoms with Crippen molar-refractivity contribution in [2.24, 2.45) is 29.1 Å². The number of hydrogen-bond donors (Lipinski definition) is 2. The first kappa shape index (κ1) is 20.7. The van der Waals surface area contributed by atoms with Crippen molar-refractivity contribution in [2.75, 3.05) is 0 Å². The molecule has 0 amide bonds. The van der Waals surface area contributed by atoms with Crippen LogP contribution in [0.15, 0.2) is 0 Å². The van der Waals surface area contributed by atoms with Crippen LogP contribution in [-0.4, -0.2) is 28.3 Å². The second-order valence-corrected chi connectivity index (χ2v) is 6.80. The Morgan fingerprint density at radius 1 is 0.909 bits per heavy atom. The Kier molecular flexibility index (Phi) is 6.91. The van der Waals surface area contributed by atoms with Crippen LogP contribution in [0.1, 0.15) is 47.5 Å². The summed E-state index contributed by atoms with van der Waals surface area (Å²) in [5.74, 6) is -7.92. The van der Waals surface area contributed by atoms with Gasteiger partial charge in [-0.15, -0.1) is 0 Å². The third-order valence-electron chi connectivity index (χ3n) is 3.85. The Labute approximate surface area is 128 Å². The molecule has 2 unspecified atom stereocenters. The van der Waals surface area contributed by atoms with Gasteiger partial charge in [0.15, 0.2) is 0 Å². The van der Waals surface area contributed by atoms with Crippen LogP contribution >= 0.6 is 0 Å². The molecule has 0 spiro atoms. The number of halogens is 3. The van der Waals surface area contributed by atoms with Crippen LogP contribution in [0.3, 0.4) is 0 Å². The van der Waals surface area contributed by atoms with Gasteiger partial charge in [0.25, 0.3) is 0 Å². The van der Waals surface area contributed by atoms with Crippen molar-refractivity contribution in [2.45, 2.75) is 53.6 Å². The predicted octanol–water partition coefficient (Wildman–Crippen LogP) is 4.05. The van der Waals surface area contributed by atoms with Gasteiger partial charge in [-0.1, -0.05) is 34.6 Å². The summed E-state index contributed by atoms with van der Waals surface area (Å²) >= 11 is 0. The summed E-state index contributed by atoms with van der Waals surface area (Å²) in [6.07, 6.45) is -4.99. The Hall–Kier alpha value is -1.27. The quantitative estimate of drug-likeness (QED) is 0.705. The van der Waals surface area contributed by atoms with Gasteiger partial charge in [0.2, 0.25) is 0 Å². The number of carboxylic acids is 2. The van der Waals surface area contributed by atoms with Crippen LogP contribution in [0.4, 0.5) is 13.2 Å². The maximum atomic E-state index is 13.1. The molecule has 0 heterocycles. The monoisotopic (exact) mass is 326 g/mol. The Balaban J connectivity index is 6.15. The Bertz CT molecular complexity index is 392. The van der Waals surface area contributed by atoms with Crippen LogP contribution in [0.25, 0.3) is 0 Å². The van der Waals surface area contributed by atoms with Gasteiger partial charge in [-0.3, -0.25) is 9.59 Å². The normalized spacial score (nSPS) is 15.9. The highest BCUT2D eigenvalue weighted by Crippen LogP contribution is 2.48. The molecule has 0 aliphatic heterocycles. The lowest BCUT2D eigenvalue weighted by Crippen LogP contribution is -2.50. The van der Waals surface area contributed by atoms with Crippen LogP contribution in [0, 0.1) is 29.1 Å². The van der Waals surface area contributed by atoms with E-state index in [2.05, 4.69) is 0 Å². The number of carboxylic acid groups (broad SMARTS) is 2. The largest absolute Gasteiger partial charge is 0.481 e. The van der Waals surface area contributed by atoms with Gasteiger partial charge in [0, 0.05) is 0 Å². The van der Waals surface area contributed by atoms with Crippen LogP contribution < -0.4 is 0 Å². The lowest BCUT2D eigenvalue weighted by Gasteiger charge is -2.40. The first-order valence-corrected chi connectivity index (χ1v) is 7.28. The summed E-state index contributed by atoms with van der Waals surface area (Å²) in [6.45, 7) is 7.45. The number of rotatable bonds is 8. The zero-order valence-corrected chi connectivity index (χ0v) is 13.6. The smallest absolute Gasteiger partial charge is 0.392 e. The molecular weight excluding hydrogens is 301 g/mol. The molecule has 0 aliphatic rings. The summed E-state index contributed by atoms with van der Waals surface area (Å²) < 4.78 is 39.2. The zero-order valence-electron chi connectivity index (χ0n) is 13.6. The molecule has 0 radical (unpaired) electrons. The van der Waals surface area contributed by atoms with E-state index in [4.69, 9.17) is 0 Å². The van der Waals surface area contributed by atoms with Gasteiger partial charge in [-0.2, -0.15) is 13.2 Å². The van der Waals surface area contributed by atoms with E-state index < -0.39 is 35.4 Å². The fourth-order valence-electron chi connectivity index (χ4n) is 3.22. The molecule has 130 valence electrons. The van der Waals surface area contributed by atoms with E-state index in [1.165, 1.54) is 0 Å². The summed E-state index contributed by atoms with van der Waals surface area (Å²) in [7, 11) is 0. The van der Waals surface area contributed by atoms with Gasteiger partial charge in [-0.05, 0) is 24.7 Å². The van der Waals surface area contributed by atoms with Gasteiger partial charge in [0.1, 0.15) is 0 Å². The van der Waals surface area contributed by atoms with Crippen LogP contribution in [0.2, 0.25) is 0 Å². The van der Waals surface area contributed by atoms with Crippen molar-refractivity contribution in [3.8, 4) is 0 Å². The highest BCUT2D eigenvalue weighted by Gasteiger charge is 2.58. The topological polar surface area (TPSA) is 74.6 Å². The second kappa shape index (κ2) is 7.33. The summed E-state index contributed by atoms with van der Waals surface area (Å²) in [4.78, 5) is 23.4. The molecule has 2 atom stereocenters.